The van der Waals surface area contributed by atoms with E-state index in [1.807, 2.05) is 0 Å². The molecule has 1 aromatic carbocycles. The Balaban J connectivity index is 2.26. The molecule has 0 aliphatic rings. The molecule has 0 spiro atoms. The first kappa shape index (κ1) is 13.9. The Morgan fingerprint density at radius 3 is 2.50 bits per heavy atom. The number of hydrogen-bond acceptors (Lipinski definition) is 1. The number of thioether (sulfide) groups is 1. The molecule has 16 heavy (non-hydrogen) atoms. The fourth-order valence-corrected chi connectivity index (χ4v) is 2.59. The van der Waals surface area contributed by atoms with Crippen LogP contribution in [0.3, 0.4) is 0 Å². The Kier molecular flexibility index (Phi) is 6.90. The number of rotatable bonds is 7. The minimum Gasteiger partial charge on any atom is -0.0952 e. The predicted molar refractivity (Wildman–Crippen MR) is 77.9 cm³/mol. The average Bonchev–Trinajstić information content (AvgIpc) is 2.28. The maximum Gasteiger partial charge on any atom is 0.0176 e. The van der Waals surface area contributed by atoms with E-state index in [4.69, 9.17) is 0 Å². The third-order valence-electron chi connectivity index (χ3n) is 2.38. The van der Waals surface area contributed by atoms with Gasteiger partial charge in [0.15, 0.2) is 0 Å². The molecule has 0 fully saturated rings. The topological polar surface area (TPSA) is 0 Å². The van der Waals surface area contributed by atoms with E-state index in [2.05, 4.69) is 53.7 Å². The van der Waals surface area contributed by atoms with Crippen LogP contribution in [0.1, 0.15) is 39.0 Å². The first-order valence-corrected chi connectivity index (χ1v) is 7.44. The highest BCUT2D eigenvalue weighted by Crippen LogP contribution is 2.29. The van der Waals surface area contributed by atoms with Gasteiger partial charge in [0, 0.05) is 9.37 Å². The molecule has 0 aliphatic carbocycles. The summed E-state index contributed by atoms with van der Waals surface area (Å²) < 4.78 is 1.13. The van der Waals surface area contributed by atoms with Crippen LogP contribution in [-0.4, -0.2) is 0 Å². The summed E-state index contributed by atoms with van der Waals surface area (Å²) in [6.07, 6.45) is 6.38. The molecule has 0 N–H and O–H groups in total. The van der Waals surface area contributed by atoms with Crippen molar-refractivity contribution < 1.29 is 0 Å². The second-order valence-electron chi connectivity index (χ2n) is 3.91. The second kappa shape index (κ2) is 7.97. The van der Waals surface area contributed by atoms with Crippen LogP contribution in [-0.2, 0) is 0 Å². The third kappa shape index (κ3) is 5.76. The van der Waals surface area contributed by atoms with Gasteiger partial charge in [-0.15, -0.1) is 0 Å². The molecule has 1 aromatic rings. The molecule has 0 amide bonds. The van der Waals surface area contributed by atoms with E-state index in [1.54, 1.807) is 11.8 Å². The van der Waals surface area contributed by atoms with Crippen molar-refractivity contribution in [1.82, 2.24) is 0 Å². The lowest BCUT2D eigenvalue weighted by Gasteiger charge is -2.05. The maximum atomic E-state index is 4.12. The molecule has 0 heterocycles. The summed E-state index contributed by atoms with van der Waals surface area (Å²) in [4.78, 5) is 2.56. The second-order valence-corrected chi connectivity index (χ2v) is 6.07. The zero-order chi connectivity index (χ0) is 11.8. The van der Waals surface area contributed by atoms with Gasteiger partial charge in [-0.05, 0) is 42.0 Å². The van der Waals surface area contributed by atoms with E-state index in [0.29, 0.717) is 0 Å². The van der Waals surface area contributed by atoms with Crippen LogP contribution in [0.2, 0.25) is 0 Å². The van der Waals surface area contributed by atoms with Gasteiger partial charge in [0.1, 0.15) is 0 Å². The molecule has 0 bridgehead atoms. The molecule has 0 atom stereocenters. The molecule has 0 unspecified atom stereocenters. The molecule has 1 rings (SSSR count). The number of unbranched alkanes of at least 4 members (excludes halogenated alkanes) is 3. The zero-order valence-corrected chi connectivity index (χ0v) is 12.2. The van der Waals surface area contributed by atoms with Gasteiger partial charge in [-0.3, -0.25) is 0 Å². The van der Waals surface area contributed by atoms with Gasteiger partial charge >= 0.3 is 0 Å². The van der Waals surface area contributed by atoms with E-state index in [9.17, 15) is 0 Å². The Morgan fingerprint density at radius 2 is 1.88 bits per heavy atom. The lowest BCUT2D eigenvalue weighted by Crippen LogP contribution is -1.79. The van der Waals surface area contributed by atoms with Crippen LogP contribution < -0.4 is 0 Å². The average molecular weight is 299 g/mol. The smallest absolute Gasteiger partial charge is 0.0176 e. The summed E-state index contributed by atoms with van der Waals surface area (Å²) in [5.41, 5.74) is 0. The van der Waals surface area contributed by atoms with Crippen LogP contribution in [0, 0.1) is 0 Å². The molecule has 2 heteroatoms. The Morgan fingerprint density at radius 1 is 1.19 bits per heavy atom. The van der Waals surface area contributed by atoms with Gasteiger partial charge < -0.3 is 0 Å². The van der Waals surface area contributed by atoms with Crippen molar-refractivity contribution in [3.05, 3.63) is 40.2 Å². The summed E-state index contributed by atoms with van der Waals surface area (Å²) in [5, 5.41) is 0. The van der Waals surface area contributed by atoms with Crippen molar-refractivity contribution in [2.45, 2.75) is 43.9 Å². The minimum absolute atomic E-state index is 1.13. The van der Waals surface area contributed by atoms with Gasteiger partial charge in [0.2, 0.25) is 0 Å². The standard InChI is InChI=1S/C14H19BrS/c1-3-4-5-6-7-12(2)16-14-10-8-13(15)9-11-14/h8-11H,2-7H2,1H3. The van der Waals surface area contributed by atoms with Crippen molar-refractivity contribution in [2.24, 2.45) is 0 Å². The van der Waals surface area contributed by atoms with Crippen molar-refractivity contribution in [3.8, 4) is 0 Å². The van der Waals surface area contributed by atoms with Crippen molar-refractivity contribution in [2.75, 3.05) is 0 Å². The number of hydrogen-bond donors (Lipinski definition) is 0. The molecule has 0 nitrogen and oxygen atoms in total. The van der Waals surface area contributed by atoms with Crippen LogP contribution in [0.25, 0.3) is 0 Å². The van der Waals surface area contributed by atoms with Crippen molar-refractivity contribution >= 4 is 27.7 Å². The first-order chi connectivity index (χ1) is 7.72. The molecule has 0 saturated heterocycles. The summed E-state index contributed by atoms with van der Waals surface area (Å²) in [6, 6.07) is 8.41. The molecule has 88 valence electrons. The summed E-state index contributed by atoms with van der Waals surface area (Å²) in [7, 11) is 0. The Hall–Kier alpha value is -0.210. The quantitative estimate of drug-likeness (QED) is 0.438. The fraction of sp³-hybridized carbons (Fsp3) is 0.429. The number of benzene rings is 1. The van der Waals surface area contributed by atoms with Gasteiger partial charge in [0.25, 0.3) is 0 Å². The third-order valence-corrected chi connectivity index (χ3v) is 3.91. The predicted octanol–water partition coefficient (Wildman–Crippen LogP) is 6.03. The molecule has 0 saturated carbocycles. The largest absolute Gasteiger partial charge is 0.0952 e. The Bertz CT molecular complexity index is 316. The molecule has 0 radical (unpaired) electrons. The monoisotopic (exact) mass is 298 g/mol. The van der Waals surface area contributed by atoms with Gasteiger partial charge in [-0.25, -0.2) is 0 Å². The van der Waals surface area contributed by atoms with Crippen molar-refractivity contribution in [3.63, 3.8) is 0 Å². The van der Waals surface area contributed by atoms with E-state index >= 15 is 0 Å². The molecule has 0 aliphatic heterocycles. The van der Waals surface area contributed by atoms with Crippen LogP contribution in [0.5, 0.6) is 0 Å². The van der Waals surface area contributed by atoms with E-state index < -0.39 is 0 Å². The summed E-state index contributed by atoms with van der Waals surface area (Å²) in [5.74, 6) is 0. The van der Waals surface area contributed by atoms with Gasteiger partial charge in [0.05, 0.1) is 0 Å². The SMILES string of the molecule is C=C(CCCCCC)Sc1ccc(Br)cc1. The maximum absolute atomic E-state index is 4.12. The first-order valence-electron chi connectivity index (χ1n) is 5.83. The highest BCUT2D eigenvalue weighted by atomic mass is 79.9. The van der Waals surface area contributed by atoms with E-state index in [1.165, 1.54) is 35.5 Å². The zero-order valence-electron chi connectivity index (χ0n) is 9.84. The lowest BCUT2D eigenvalue weighted by molar-refractivity contribution is 0.672. The molecular weight excluding hydrogens is 280 g/mol. The number of halogens is 1. The van der Waals surface area contributed by atoms with E-state index in [-0.39, 0.29) is 0 Å². The highest BCUT2D eigenvalue weighted by Gasteiger charge is 1.98. The van der Waals surface area contributed by atoms with E-state index in [0.717, 1.165) is 10.9 Å². The lowest BCUT2D eigenvalue weighted by atomic mass is 10.1. The Labute approximate surface area is 112 Å². The van der Waals surface area contributed by atoms with Gasteiger partial charge in [-0.2, -0.15) is 0 Å². The summed E-state index contributed by atoms with van der Waals surface area (Å²) >= 11 is 5.23. The molecule has 0 aromatic heterocycles. The number of allylic oxidation sites excluding steroid dienone is 1. The van der Waals surface area contributed by atoms with Crippen LogP contribution in [0.4, 0.5) is 0 Å². The van der Waals surface area contributed by atoms with Crippen molar-refractivity contribution in [1.29, 1.82) is 0 Å². The van der Waals surface area contributed by atoms with Crippen LogP contribution >= 0.6 is 27.7 Å². The summed E-state index contributed by atoms with van der Waals surface area (Å²) in [6.45, 7) is 6.36. The normalized spacial score (nSPS) is 10.4. The molecular formula is C14H19BrS. The minimum atomic E-state index is 1.13. The fourth-order valence-electron chi connectivity index (χ4n) is 1.47. The van der Waals surface area contributed by atoms with Crippen LogP contribution in [0.15, 0.2) is 45.1 Å². The van der Waals surface area contributed by atoms with Gasteiger partial charge in [-0.1, -0.05) is 60.5 Å². The highest BCUT2D eigenvalue weighted by molar-refractivity contribution is 9.10.